The fraction of sp³-hybridized carbons (Fsp3) is 0.600. The normalized spacial score (nSPS) is 18.1. The van der Waals surface area contributed by atoms with Gasteiger partial charge in [-0.25, -0.2) is 0 Å². The molecule has 0 bridgehead atoms. The van der Waals surface area contributed by atoms with Crippen LogP contribution in [0, 0.1) is 5.92 Å². The summed E-state index contributed by atoms with van der Waals surface area (Å²) >= 11 is 3.37. The molecule has 0 aromatic heterocycles. The first-order chi connectivity index (χ1) is 9.06. The first kappa shape index (κ1) is 14.8. The predicted octanol–water partition coefficient (Wildman–Crippen LogP) is 2.93. The van der Waals surface area contributed by atoms with E-state index in [-0.39, 0.29) is 0 Å². The van der Waals surface area contributed by atoms with Crippen molar-refractivity contribution in [2.75, 3.05) is 33.7 Å². The number of hydrogen-bond acceptors (Lipinski definition) is 3. The lowest BCUT2D eigenvalue weighted by Gasteiger charge is -2.33. The molecule has 1 aromatic rings. The molecular weight excluding hydrogens is 304 g/mol. The molecule has 0 aliphatic carbocycles. The Bertz CT molecular complexity index is 415. The van der Waals surface area contributed by atoms with Crippen LogP contribution in [0.2, 0.25) is 0 Å². The topological polar surface area (TPSA) is 26.7 Å². The average molecular weight is 327 g/mol. The first-order valence-corrected chi connectivity index (χ1v) is 7.69. The molecule has 19 heavy (non-hydrogen) atoms. The largest absolute Gasteiger partial charge is 0.506 e. The van der Waals surface area contributed by atoms with Gasteiger partial charge in [0, 0.05) is 18.7 Å². The smallest absolute Gasteiger partial charge is 0.134 e. The van der Waals surface area contributed by atoms with Crippen molar-refractivity contribution in [3.05, 3.63) is 28.2 Å². The fourth-order valence-electron chi connectivity index (χ4n) is 2.77. The van der Waals surface area contributed by atoms with E-state index < -0.39 is 0 Å². The Kier molecular flexibility index (Phi) is 5.25. The highest BCUT2D eigenvalue weighted by Gasteiger charge is 2.20. The third-order valence-electron chi connectivity index (χ3n) is 3.79. The maximum Gasteiger partial charge on any atom is 0.134 e. The van der Waals surface area contributed by atoms with Gasteiger partial charge in [-0.2, -0.15) is 0 Å². The minimum atomic E-state index is 0.387. The molecule has 0 radical (unpaired) electrons. The van der Waals surface area contributed by atoms with Crippen LogP contribution in [0.25, 0.3) is 0 Å². The lowest BCUT2D eigenvalue weighted by Crippen LogP contribution is -2.36. The van der Waals surface area contributed by atoms with Crippen LogP contribution in [-0.2, 0) is 6.54 Å². The summed E-state index contributed by atoms with van der Waals surface area (Å²) in [7, 11) is 4.29. The number of piperidine rings is 1. The molecule has 4 heteroatoms. The number of phenols is 1. The highest BCUT2D eigenvalue weighted by atomic mass is 79.9. The molecule has 2 rings (SSSR count). The summed E-state index contributed by atoms with van der Waals surface area (Å²) in [5, 5.41) is 10.0. The van der Waals surface area contributed by atoms with Gasteiger partial charge in [-0.3, -0.25) is 4.90 Å². The van der Waals surface area contributed by atoms with Crippen molar-refractivity contribution >= 4 is 15.9 Å². The lowest BCUT2D eigenvalue weighted by molar-refractivity contribution is 0.156. The van der Waals surface area contributed by atoms with E-state index in [0.29, 0.717) is 5.75 Å². The molecule has 1 aliphatic heterocycles. The van der Waals surface area contributed by atoms with Gasteiger partial charge in [-0.15, -0.1) is 0 Å². The molecule has 1 aliphatic rings. The standard InChI is InChI=1S/C15H23BrN2O/c1-17(2)10-12-6-8-18(9-7-12)11-13-4-3-5-14(16)15(13)19/h3-5,12,19H,6-11H2,1-2H3. The van der Waals surface area contributed by atoms with Gasteiger partial charge in [0.25, 0.3) is 0 Å². The molecule has 0 spiro atoms. The summed E-state index contributed by atoms with van der Waals surface area (Å²) in [4.78, 5) is 4.72. The van der Waals surface area contributed by atoms with Crippen molar-refractivity contribution in [1.82, 2.24) is 9.80 Å². The zero-order chi connectivity index (χ0) is 13.8. The lowest BCUT2D eigenvalue weighted by atomic mass is 9.96. The SMILES string of the molecule is CN(C)CC1CCN(Cc2cccc(Br)c2O)CC1. The molecule has 1 aromatic carbocycles. The Hall–Kier alpha value is -0.580. The zero-order valence-corrected chi connectivity index (χ0v) is 13.4. The average Bonchev–Trinajstić information content (AvgIpc) is 2.37. The molecule has 1 fully saturated rings. The van der Waals surface area contributed by atoms with Crippen LogP contribution in [0.3, 0.4) is 0 Å². The highest BCUT2D eigenvalue weighted by molar-refractivity contribution is 9.10. The van der Waals surface area contributed by atoms with Gasteiger partial charge in [0.15, 0.2) is 0 Å². The molecule has 0 atom stereocenters. The molecule has 0 unspecified atom stereocenters. The Balaban J connectivity index is 1.87. The Morgan fingerprint density at radius 1 is 1.32 bits per heavy atom. The van der Waals surface area contributed by atoms with Gasteiger partial charge in [-0.05, 0) is 67.9 Å². The molecule has 0 amide bonds. The summed E-state index contributed by atoms with van der Waals surface area (Å²) in [6.45, 7) is 4.30. The number of rotatable bonds is 4. The second-order valence-electron chi connectivity index (χ2n) is 5.73. The minimum absolute atomic E-state index is 0.387. The number of para-hydroxylation sites is 1. The van der Waals surface area contributed by atoms with Crippen LogP contribution in [-0.4, -0.2) is 48.6 Å². The molecular formula is C15H23BrN2O. The zero-order valence-electron chi connectivity index (χ0n) is 11.8. The van der Waals surface area contributed by atoms with E-state index in [1.165, 1.54) is 19.4 Å². The van der Waals surface area contributed by atoms with Crippen molar-refractivity contribution in [2.45, 2.75) is 19.4 Å². The quantitative estimate of drug-likeness (QED) is 0.921. The molecule has 1 N–H and O–H groups in total. The van der Waals surface area contributed by atoms with Gasteiger partial charge in [0.1, 0.15) is 5.75 Å². The van der Waals surface area contributed by atoms with Crippen LogP contribution in [0.15, 0.2) is 22.7 Å². The van der Waals surface area contributed by atoms with Crippen LogP contribution < -0.4 is 0 Å². The van der Waals surface area contributed by atoms with Crippen LogP contribution in [0.1, 0.15) is 18.4 Å². The van der Waals surface area contributed by atoms with Crippen LogP contribution >= 0.6 is 15.9 Å². The summed E-state index contributed by atoms with van der Waals surface area (Å²) in [5.74, 6) is 1.21. The van der Waals surface area contributed by atoms with Crippen molar-refractivity contribution < 1.29 is 5.11 Å². The Morgan fingerprint density at radius 3 is 2.63 bits per heavy atom. The highest BCUT2D eigenvalue weighted by Crippen LogP contribution is 2.29. The Morgan fingerprint density at radius 2 is 2.00 bits per heavy atom. The molecule has 3 nitrogen and oxygen atoms in total. The maximum absolute atomic E-state index is 10.0. The third-order valence-corrected chi connectivity index (χ3v) is 4.43. The fourth-order valence-corrected chi connectivity index (χ4v) is 3.18. The second-order valence-corrected chi connectivity index (χ2v) is 6.58. The predicted molar refractivity (Wildman–Crippen MR) is 82.4 cm³/mol. The number of benzene rings is 1. The van der Waals surface area contributed by atoms with Crippen molar-refractivity contribution in [1.29, 1.82) is 0 Å². The number of halogens is 1. The Labute approximate surface area is 124 Å². The van der Waals surface area contributed by atoms with E-state index in [1.54, 1.807) is 0 Å². The molecule has 0 saturated carbocycles. The summed E-state index contributed by atoms with van der Waals surface area (Å²) in [6, 6.07) is 5.87. The summed E-state index contributed by atoms with van der Waals surface area (Å²) in [6.07, 6.45) is 2.51. The maximum atomic E-state index is 10.0. The van der Waals surface area contributed by atoms with Crippen molar-refractivity contribution in [2.24, 2.45) is 5.92 Å². The first-order valence-electron chi connectivity index (χ1n) is 6.89. The van der Waals surface area contributed by atoms with E-state index >= 15 is 0 Å². The third kappa shape index (κ3) is 4.20. The van der Waals surface area contributed by atoms with Gasteiger partial charge in [-0.1, -0.05) is 12.1 Å². The van der Waals surface area contributed by atoms with Crippen LogP contribution in [0.5, 0.6) is 5.75 Å². The summed E-state index contributed by atoms with van der Waals surface area (Å²) in [5.41, 5.74) is 1.01. The molecule has 106 valence electrons. The monoisotopic (exact) mass is 326 g/mol. The van der Waals surface area contributed by atoms with Gasteiger partial charge in [0.2, 0.25) is 0 Å². The van der Waals surface area contributed by atoms with E-state index in [4.69, 9.17) is 0 Å². The summed E-state index contributed by atoms with van der Waals surface area (Å²) < 4.78 is 0.785. The van der Waals surface area contributed by atoms with E-state index in [2.05, 4.69) is 39.8 Å². The number of hydrogen-bond donors (Lipinski definition) is 1. The minimum Gasteiger partial charge on any atom is -0.506 e. The number of nitrogens with zero attached hydrogens (tertiary/aromatic N) is 2. The van der Waals surface area contributed by atoms with E-state index in [1.807, 2.05) is 18.2 Å². The van der Waals surface area contributed by atoms with E-state index in [9.17, 15) is 5.11 Å². The van der Waals surface area contributed by atoms with Crippen molar-refractivity contribution in [3.8, 4) is 5.75 Å². The van der Waals surface area contributed by atoms with Crippen molar-refractivity contribution in [3.63, 3.8) is 0 Å². The van der Waals surface area contributed by atoms with Gasteiger partial charge < -0.3 is 10.0 Å². The number of phenolic OH excluding ortho intramolecular Hbond substituents is 1. The molecule has 1 heterocycles. The van der Waals surface area contributed by atoms with Crippen LogP contribution in [0.4, 0.5) is 0 Å². The second kappa shape index (κ2) is 6.73. The van der Waals surface area contributed by atoms with Gasteiger partial charge >= 0.3 is 0 Å². The number of likely N-dealkylation sites (tertiary alicyclic amines) is 1. The number of aromatic hydroxyl groups is 1. The van der Waals surface area contributed by atoms with E-state index in [0.717, 1.165) is 35.6 Å². The molecule has 1 saturated heterocycles. The van der Waals surface area contributed by atoms with Gasteiger partial charge in [0.05, 0.1) is 4.47 Å².